The van der Waals surface area contributed by atoms with Gasteiger partial charge in [0.2, 0.25) is 0 Å². The number of benzene rings is 1. The summed E-state index contributed by atoms with van der Waals surface area (Å²) in [7, 11) is 0. The molecule has 0 unspecified atom stereocenters. The molecule has 1 heterocycles. The Bertz CT molecular complexity index is 622. The fraction of sp³-hybridized carbons (Fsp3) is 0.214. The normalized spacial score (nSPS) is 12.5. The van der Waals surface area contributed by atoms with E-state index in [4.69, 9.17) is 0 Å². The van der Waals surface area contributed by atoms with Crippen molar-refractivity contribution in [2.24, 2.45) is 0 Å². The lowest BCUT2D eigenvalue weighted by atomic mass is 10.0. The average Bonchev–Trinajstić information content (AvgIpc) is 2.65. The summed E-state index contributed by atoms with van der Waals surface area (Å²) in [4.78, 5) is 33.6. The summed E-state index contributed by atoms with van der Waals surface area (Å²) in [6.45, 7) is 1.50. The predicted molar refractivity (Wildman–Crippen MR) is 70.8 cm³/mol. The number of cyclic esters (lactones) is 2. The Morgan fingerprint density at radius 1 is 1.32 bits per heavy atom. The summed E-state index contributed by atoms with van der Waals surface area (Å²) in [5.41, 5.74) is 0.982. The fourth-order valence-electron chi connectivity index (χ4n) is 1.64. The van der Waals surface area contributed by atoms with Crippen LogP contribution in [-0.2, 0) is 9.53 Å². The Morgan fingerprint density at radius 3 is 2.84 bits per heavy atom. The summed E-state index contributed by atoms with van der Waals surface area (Å²) in [6.07, 6.45) is 0.539. The lowest BCUT2D eigenvalue weighted by molar-refractivity contribution is -0.109. The van der Waals surface area contributed by atoms with Crippen molar-refractivity contribution >= 4 is 28.8 Å². The van der Waals surface area contributed by atoms with Crippen LogP contribution in [0.5, 0.6) is 0 Å². The maximum absolute atomic E-state index is 11.5. The second kappa shape index (κ2) is 5.72. The highest BCUT2D eigenvalue weighted by Crippen LogP contribution is 2.22. The summed E-state index contributed by atoms with van der Waals surface area (Å²) < 4.78 is 4.54. The highest BCUT2D eigenvalue weighted by molar-refractivity contribution is 8.13. The van der Waals surface area contributed by atoms with E-state index in [0.717, 1.165) is 0 Å². The zero-order chi connectivity index (χ0) is 13.8. The molecule has 1 aromatic rings. The minimum absolute atomic E-state index is 0.0524. The third kappa shape index (κ3) is 3.04. The Kier molecular flexibility index (Phi) is 4.03. The van der Waals surface area contributed by atoms with Crippen molar-refractivity contribution in [3.63, 3.8) is 0 Å². The summed E-state index contributed by atoms with van der Waals surface area (Å²) >= 11 is 1.21. The standard InChI is InChI=1S/C14H10O4S/c1-9(15)19-8-3-2-5-10-6-4-7-11-12(10)14(17)18-13(11)16/h4,6-7H,3,8H2,1H3. The molecule has 0 atom stereocenters. The topological polar surface area (TPSA) is 60.4 Å². The van der Waals surface area contributed by atoms with Crippen LogP contribution in [-0.4, -0.2) is 22.8 Å². The maximum atomic E-state index is 11.5. The molecule has 1 aromatic carbocycles. The number of esters is 2. The Morgan fingerprint density at radius 2 is 2.11 bits per heavy atom. The molecule has 0 saturated carbocycles. The molecule has 4 nitrogen and oxygen atoms in total. The van der Waals surface area contributed by atoms with Gasteiger partial charge in [-0.3, -0.25) is 4.79 Å². The maximum Gasteiger partial charge on any atom is 0.348 e. The van der Waals surface area contributed by atoms with E-state index in [1.165, 1.54) is 18.7 Å². The molecule has 0 amide bonds. The first-order chi connectivity index (χ1) is 9.09. The van der Waals surface area contributed by atoms with Crippen LogP contribution >= 0.6 is 11.8 Å². The lowest BCUT2D eigenvalue weighted by Crippen LogP contribution is -1.98. The molecule has 96 valence electrons. The Labute approximate surface area is 114 Å². The molecule has 0 N–H and O–H groups in total. The van der Waals surface area contributed by atoms with Gasteiger partial charge in [0, 0.05) is 24.7 Å². The van der Waals surface area contributed by atoms with Crippen LogP contribution in [0, 0.1) is 11.8 Å². The van der Waals surface area contributed by atoms with E-state index < -0.39 is 11.9 Å². The molecule has 1 aliphatic rings. The third-order valence-electron chi connectivity index (χ3n) is 2.43. The molecule has 0 radical (unpaired) electrons. The van der Waals surface area contributed by atoms with Gasteiger partial charge in [0.05, 0.1) is 11.1 Å². The van der Waals surface area contributed by atoms with E-state index >= 15 is 0 Å². The minimum atomic E-state index is -0.650. The van der Waals surface area contributed by atoms with Crippen molar-refractivity contribution in [1.82, 2.24) is 0 Å². The minimum Gasteiger partial charge on any atom is -0.386 e. The first-order valence-corrected chi connectivity index (χ1v) is 6.60. The molecule has 0 spiro atoms. The van der Waals surface area contributed by atoms with E-state index in [0.29, 0.717) is 17.7 Å². The van der Waals surface area contributed by atoms with Crippen LogP contribution in [0.2, 0.25) is 0 Å². The lowest BCUT2D eigenvalue weighted by Gasteiger charge is -1.95. The Hall–Kier alpha value is -2.06. The van der Waals surface area contributed by atoms with Crippen LogP contribution < -0.4 is 0 Å². The van der Waals surface area contributed by atoms with Crippen molar-refractivity contribution in [2.75, 3.05) is 5.75 Å². The zero-order valence-electron chi connectivity index (χ0n) is 10.2. The largest absolute Gasteiger partial charge is 0.386 e. The van der Waals surface area contributed by atoms with Crippen molar-refractivity contribution < 1.29 is 19.1 Å². The molecule has 0 bridgehead atoms. The van der Waals surface area contributed by atoms with Crippen LogP contribution in [0.15, 0.2) is 18.2 Å². The van der Waals surface area contributed by atoms with Crippen molar-refractivity contribution in [3.05, 3.63) is 34.9 Å². The summed E-state index contributed by atoms with van der Waals surface area (Å²) in [5.74, 6) is 5.05. The molecule has 0 fully saturated rings. The first kappa shape index (κ1) is 13.4. The number of ether oxygens (including phenoxy) is 1. The Balaban J connectivity index is 2.15. The highest BCUT2D eigenvalue weighted by atomic mass is 32.2. The zero-order valence-corrected chi connectivity index (χ0v) is 11.0. The van der Waals surface area contributed by atoms with Gasteiger partial charge in [-0.2, -0.15) is 0 Å². The van der Waals surface area contributed by atoms with E-state index in [9.17, 15) is 14.4 Å². The molecule has 5 heteroatoms. The third-order valence-corrected chi connectivity index (χ3v) is 3.24. The molecule has 2 rings (SSSR count). The van der Waals surface area contributed by atoms with Crippen LogP contribution in [0.1, 0.15) is 39.6 Å². The molecular weight excluding hydrogens is 264 g/mol. The average molecular weight is 274 g/mol. The van der Waals surface area contributed by atoms with Crippen molar-refractivity contribution in [1.29, 1.82) is 0 Å². The van der Waals surface area contributed by atoms with Gasteiger partial charge in [-0.15, -0.1) is 0 Å². The van der Waals surface area contributed by atoms with E-state index in [1.807, 2.05) is 0 Å². The predicted octanol–water partition coefficient (Wildman–Crippen LogP) is 2.02. The van der Waals surface area contributed by atoms with Gasteiger partial charge in [-0.25, -0.2) is 9.59 Å². The summed E-state index contributed by atoms with van der Waals surface area (Å²) in [6, 6.07) is 4.87. The second-order valence-electron chi connectivity index (χ2n) is 3.80. The number of thioether (sulfide) groups is 1. The molecule has 0 saturated heterocycles. The monoisotopic (exact) mass is 274 g/mol. The molecular formula is C14H10O4S. The van der Waals surface area contributed by atoms with E-state index in [1.54, 1.807) is 18.2 Å². The molecule has 19 heavy (non-hydrogen) atoms. The van der Waals surface area contributed by atoms with Gasteiger partial charge in [-0.1, -0.05) is 29.7 Å². The SMILES string of the molecule is CC(=O)SCCC#Cc1cccc2c1C(=O)OC2=O. The number of fused-ring (bicyclic) bond motifs is 1. The van der Waals surface area contributed by atoms with Gasteiger partial charge < -0.3 is 4.74 Å². The smallest absolute Gasteiger partial charge is 0.348 e. The van der Waals surface area contributed by atoms with Crippen LogP contribution in [0.3, 0.4) is 0 Å². The number of hydrogen-bond donors (Lipinski definition) is 0. The number of hydrogen-bond acceptors (Lipinski definition) is 5. The summed E-state index contributed by atoms with van der Waals surface area (Å²) in [5, 5.41) is 0.0524. The van der Waals surface area contributed by atoms with Crippen LogP contribution in [0.25, 0.3) is 0 Å². The quantitative estimate of drug-likeness (QED) is 0.357. The highest BCUT2D eigenvalue weighted by Gasteiger charge is 2.31. The van der Waals surface area contributed by atoms with E-state index in [2.05, 4.69) is 16.6 Å². The fourth-order valence-corrected chi connectivity index (χ4v) is 2.13. The van der Waals surface area contributed by atoms with Gasteiger partial charge in [-0.05, 0) is 12.1 Å². The van der Waals surface area contributed by atoms with E-state index in [-0.39, 0.29) is 16.2 Å². The number of rotatable bonds is 2. The van der Waals surface area contributed by atoms with Gasteiger partial charge in [0.1, 0.15) is 0 Å². The first-order valence-electron chi connectivity index (χ1n) is 5.61. The number of carbonyl (C=O) groups excluding carboxylic acids is 3. The van der Waals surface area contributed by atoms with Gasteiger partial charge in [0.25, 0.3) is 0 Å². The molecule has 1 aliphatic heterocycles. The van der Waals surface area contributed by atoms with Gasteiger partial charge in [0.15, 0.2) is 5.12 Å². The van der Waals surface area contributed by atoms with Gasteiger partial charge >= 0.3 is 11.9 Å². The second-order valence-corrected chi connectivity index (χ2v) is 5.07. The van der Waals surface area contributed by atoms with Crippen molar-refractivity contribution in [3.8, 4) is 11.8 Å². The molecule has 0 aliphatic carbocycles. The number of carbonyl (C=O) groups is 3. The van der Waals surface area contributed by atoms with Crippen LogP contribution in [0.4, 0.5) is 0 Å². The van der Waals surface area contributed by atoms with Crippen molar-refractivity contribution in [2.45, 2.75) is 13.3 Å². The molecule has 0 aromatic heterocycles.